The first-order valence-electron chi connectivity index (χ1n) is 5.46. The second-order valence-electron chi connectivity index (χ2n) is 3.65. The lowest BCUT2D eigenvalue weighted by molar-refractivity contribution is -0.139. The van der Waals surface area contributed by atoms with Crippen LogP contribution in [0, 0.1) is 0 Å². The van der Waals surface area contributed by atoms with Gasteiger partial charge in [-0.3, -0.25) is 4.79 Å². The number of esters is 1. The van der Waals surface area contributed by atoms with Crippen molar-refractivity contribution in [2.75, 3.05) is 13.2 Å². The molecule has 0 atom stereocenters. The van der Waals surface area contributed by atoms with Crippen LogP contribution in [0.25, 0.3) is 5.76 Å². The Morgan fingerprint density at radius 1 is 1.50 bits per heavy atom. The van der Waals surface area contributed by atoms with Crippen molar-refractivity contribution in [1.29, 1.82) is 0 Å². The molecule has 0 saturated carbocycles. The van der Waals surface area contributed by atoms with Crippen LogP contribution in [-0.4, -0.2) is 25.0 Å². The van der Waals surface area contributed by atoms with E-state index in [9.17, 15) is 9.59 Å². The van der Waals surface area contributed by atoms with E-state index in [-0.39, 0.29) is 30.3 Å². The first kappa shape index (κ1) is 12.6. The summed E-state index contributed by atoms with van der Waals surface area (Å²) in [5, 5.41) is 0.506. The van der Waals surface area contributed by atoms with Gasteiger partial charge >= 0.3 is 5.97 Å². The molecule has 1 aliphatic heterocycles. The average molecular weight is 267 g/mol. The van der Waals surface area contributed by atoms with E-state index in [2.05, 4.69) is 0 Å². The first-order valence-corrected chi connectivity index (χ1v) is 5.84. The summed E-state index contributed by atoms with van der Waals surface area (Å²) < 4.78 is 10.1. The Hall–Kier alpha value is -1.81. The fraction of sp³-hybridized carbons (Fsp3) is 0.231. The lowest BCUT2D eigenvalue weighted by Gasteiger charge is -2.05. The van der Waals surface area contributed by atoms with Crippen molar-refractivity contribution in [3.63, 3.8) is 0 Å². The minimum Gasteiger partial charge on any atom is -0.484 e. The number of hydrogen-bond donors (Lipinski definition) is 0. The van der Waals surface area contributed by atoms with Crippen molar-refractivity contribution in [2.45, 2.75) is 6.92 Å². The van der Waals surface area contributed by atoms with Gasteiger partial charge in [0.25, 0.3) is 0 Å². The molecule has 2 rings (SSSR count). The van der Waals surface area contributed by atoms with Gasteiger partial charge in [-0.15, -0.1) is 0 Å². The van der Waals surface area contributed by atoms with Crippen molar-refractivity contribution >= 4 is 29.1 Å². The molecule has 1 aromatic rings. The maximum absolute atomic E-state index is 11.7. The van der Waals surface area contributed by atoms with Crippen LogP contribution in [0.4, 0.5) is 0 Å². The minimum absolute atomic E-state index is 0.0425. The molecule has 4 nitrogen and oxygen atoms in total. The highest BCUT2D eigenvalue weighted by atomic mass is 35.5. The Kier molecular flexibility index (Phi) is 3.67. The highest BCUT2D eigenvalue weighted by molar-refractivity contribution is 6.31. The van der Waals surface area contributed by atoms with Crippen LogP contribution in [0.5, 0.6) is 0 Å². The van der Waals surface area contributed by atoms with Gasteiger partial charge in [-0.25, -0.2) is 4.79 Å². The normalized spacial score (nSPS) is 14.7. The van der Waals surface area contributed by atoms with Crippen molar-refractivity contribution in [3.8, 4) is 0 Å². The maximum atomic E-state index is 11.7. The van der Waals surface area contributed by atoms with Gasteiger partial charge in [0.1, 0.15) is 11.3 Å². The molecule has 0 spiro atoms. The van der Waals surface area contributed by atoms with Gasteiger partial charge in [0.05, 0.1) is 6.61 Å². The third-order valence-electron chi connectivity index (χ3n) is 2.42. The van der Waals surface area contributed by atoms with Crippen molar-refractivity contribution in [1.82, 2.24) is 0 Å². The number of Topliss-reactive ketones (excluding diaryl/α,β-unsaturated/α-hetero) is 1. The van der Waals surface area contributed by atoms with Crippen LogP contribution >= 0.6 is 11.6 Å². The smallest absolute Gasteiger partial charge is 0.345 e. The second-order valence-corrected chi connectivity index (χ2v) is 4.08. The van der Waals surface area contributed by atoms with E-state index in [4.69, 9.17) is 21.1 Å². The van der Waals surface area contributed by atoms with Gasteiger partial charge < -0.3 is 9.47 Å². The largest absolute Gasteiger partial charge is 0.484 e. The van der Waals surface area contributed by atoms with Gasteiger partial charge in [0.2, 0.25) is 5.78 Å². The Bertz CT molecular complexity index is 534. The Morgan fingerprint density at radius 3 is 2.94 bits per heavy atom. The molecular weight excluding hydrogens is 256 g/mol. The summed E-state index contributed by atoms with van der Waals surface area (Å²) in [5.74, 6) is -0.792. The SMILES string of the molecule is CCOC(=O)C1=C(c2cccc(Cl)c2)OCC1=O. The average Bonchev–Trinajstić information content (AvgIpc) is 2.71. The van der Waals surface area contributed by atoms with E-state index < -0.39 is 5.97 Å². The number of rotatable bonds is 3. The molecule has 18 heavy (non-hydrogen) atoms. The van der Waals surface area contributed by atoms with Gasteiger partial charge in [0.15, 0.2) is 6.61 Å². The Balaban J connectivity index is 2.45. The Morgan fingerprint density at radius 2 is 2.28 bits per heavy atom. The molecule has 5 heteroatoms. The molecular formula is C13H11ClO4. The van der Waals surface area contributed by atoms with E-state index in [1.807, 2.05) is 0 Å². The van der Waals surface area contributed by atoms with Gasteiger partial charge in [-0.1, -0.05) is 23.7 Å². The molecule has 0 radical (unpaired) electrons. The van der Waals surface area contributed by atoms with E-state index >= 15 is 0 Å². The molecule has 0 saturated heterocycles. The number of halogens is 1. The number of ether oxygens (including phenoxy) is 2. The fourth-order valence-corrected chi connectivity index (χ4v) is 1.87. The van der Waals surface area contributed by atoms with Crippen LogP contribution in [0.1, 0.15) is 12.5 Å². The van der Waals surface area contributed by atoms with Crippen LogP contribution in [0.3, 0.4) is 0 Å². The van der Waals surface area contributed by atoms with Crippen LogP contribution in [0.15, 0.2) is 29.8 Å². The quantitative estimate of drug-likeness (QED) is 0.622. The number of carbonyl (C=O) groups is 2. The van der Waals surface area contributed by atoms with Crippen LogP contribution in [-0.2, 0) is 19.1 Å². The lowest BCUT2D eigenvalue weighted by Crippen LogP contribution is -2.14. The molecule has 0 aromatic heterocycles. The summed E-state index contributed by atoms with van der Waals surface area (Å²) in [4.78, 5) is 23.4. The predicted molar refractivity (Wildman–Crippen MR) is 66.0 cm³/mol. The zero-order chi connectivity index (χ0) is 13.1. The molecule has 0 amide bonds. The van der Waals surface area contributed by atoms with E-state index in [0.717, 1.165) is 0 Å². The maximum Gasteiger partial charge on any atom is 0.345 e. The van der Waals surface area contributed by atoms with Crippen LogP contribution in [0.2, 0.25) is 5.02 Å². The molecule has 0 N–H and O–H groups in total. The molecule has 0 aliphatic carbocycles. The monoisotopic (exact) mass is 266 g/mol. The minimum atomic E-state index is -0.657. The van der Waals surface area contributed by atoms with Crippen molar-refractivity contribution < 1.29 is 19.1 Å². The van der Waals surface area contributed by atoms with E-state index in [1.54, 1.807) is 31.2 Å². The zero-order valence-corrected chi connectivity index (χ0v) is 10.5. The van der Waals surface area contributed by atoms with Gasteiger partial charge in [-0.05, 0) is 19.1 Å². The molecule has 1 aliphatic rings. The number of carbonyl (C=O) groups excluding carboxylic acids is 2. The molecule has 0 fully saturated rings. The van der Waals surface area contributed by atoms with Crippen LogP contribution < -0.4 is 0 Å². The number of ketones is 1. The first-order chi connectivity index (χ1) is 8.63. The summed E-state index contributed by atoms with van der Waals surface area (Å²) in [5.41, 5.74) is 0.551. The third kappa shape index (κ3) is 2.38. The molecule has 94 valence electrons. The third-order valence-corrected chi connectivity index (χ3v) is 2.65. The predicted octanol–water partition coefficient (Wildman–Crippen LogP) is 2.21. The number of hydrogen-bond acceptors (Lipinski definition) is 4. The molecule has 0 bridgehead atoms. The summed E-state index contributed by atoms with van der Waals surface area (Å²) >= 11 is 5.87. The lowest BCUT2D eigenvalue weighted by atomic mass is 10.1. The van der Waals surface area contributed by atoms with Crippen molar-refractivity contribution in [3.05, 3.63) is 40.4 Å². The van der Waals surface area contributed by atoms with E-state index in [1.165, 1.54) is 0 Å². The van der Waals surface area contributed by atoms with E-state index in [0.29, 0.717) is 10.6 Å². The number of benzene rings is 1. The highest BCUT2D eigenvalue weighted by Crippen LogP contribution is 2.28. The standard InChI is InChI=1S/C13H11ClO4/c1-2-17-13(16)11-10(15)7-18-12(11)8-4-3-5-9(14)6-8/h3-6H,2,7H2,1H3. The molecule has 1 aromatic carbocycles. The van der Waals surface area contributed by atoms with Crippen molar-refractivity contribution in [2.24, 2.45) is 0 Å². The Labute approximate surface area is 109 Å². The summed E-state index contributed by atoms with van der Waals surface area (Å²) in [6.07, 6.45) is 0. The molecule has 0 unspecified atom stereocenters. The second kappa shape index (κ2) is 5.23. The summed E-state index contributed by atoms with van der Waals surface area (Å²) in [6.45, 7) is 1.74. The highest BCUT2D eigenvalue weighted by Gasteiger charge is 2.32. The fourth-order valence-electron chi connectivity index (χ4n) is 1.68. The van der Waals surface area contributed by atoms with Gasteiger partial charge in [-0.2, -0.15) is 0 Å². The van der Waals surface area contributed by atoms with Gasteiger partial charge in [0, 0.05) is 10.6 Å². The molecule has 1 heterocycles. The topological polar surface area (TPSA) is 52.6 Å². The summed E-state index contributed by atoms with van der Waals surface area (Å²) in [7, 11) is 0. The summed E-state index contributed by atoms with van der Waals surface area (Å²) in [6, 6.07) is 6.78. The zero-order valence-electron chi connectivity index (χ0n) is 9.73.